The third-order valence-corrected chi connectivity index (χ3v) is 4.22. The lowest BCUT2D eigenvalue weighted by molar-refractivity contribution is -0.141. The second-order valence-electron chi connectivity index (χ2n) is 5.93. The van der Waals surface area contributed by atoms with Gasteiger partial charge in [-0.05, 0) is 42.5 Å². The molecule has 5 rings (SSSR count). The highest BCUT2D eigenvalue weighted by atomic mass is 19.4. The van der Waals surface area contributed by atoms with E-state index >= 15 is 0 Å². The molecule has 0 amide bonds. The molecular weight excluding hydrogens is 359 g/mol. The SMILES string of the molecule is FC(F)(F)c1ccc2nc(-c3ccco3)n(-c3ccc4[nH]ncc4c3)c2n1. The molecule has 0 saturated heterocycles. The highest BCUT2D eigenvalue weighted by molar-refractivity contribution is 5.84. The molecule has 1 aromatic carbocycles. The van der Waals surface area contributed by atoms with Crippen LogP contribution in [0.15, 0.2) is 59.3 Å². The Morgan fingerprint density at radius 3 is 2.70 bits per heavy atom. The van der Waals surface area contributed by atoms with E-state index < -0.39 is 11.9 Å². The number of pyridine rings is 1. The molecule has 4 aromatic heterocycles. The van der Waals surface area contributed by atoms with E-state index in [-0.39, 0.29) is 5.65 Å². The van der Waals surface area contributed by atoms with Gasteiger partial charge in [-0.2, -0.15) is 18.3 Å². The van der Waals surface area contributed by atoms with Crippen molar-refractivity contribution in [3.63, 3.8) is 0 Å². The lowest BCUT2D eigenvalue weighted by Crippen LogP contribution is -2.08. The van der Waals surface area contributed by atoms with Gasteiger partial charge in [-0.3, -0.25) is 9.67 Å². The van der Waals surface area contributed by atoms with E-state index in [1.165, 1.54) is 12.3 Å². The molecule has 0 unspecified atom stereocenters. The van der Waals surface area contributed by atoms with Crippen LogP contribution in [0, 0.1) is 0 Å². The summed E-state index contributed by atoms with van der Waals surface area (Å²) in [7, 11) is 0. The lowest BCUT2D eigenvalue weighted by atomic mass is 10.2. The first-order valence-corrected chi connectivity index (χ1v) is 7.95. The quantitative estimate of drug-likeness (QED) is 0.495. The van der Waals surface area contributed by atoms with Crippen LogP contribution in [0.4, 0.5) is 13.2 Å². The predicted octanol–water partition coefficient (Wildman–Crippen LogP) is 4.58. The number of halogens is 3. The Bertz CT molecular complexity index is 1270. The van der Waals surface area contributed by atoms with Gasteiger partial charge in [0.05, 0.1) is 23.7 Å². The Morgan fingerprint density at radius 1 is 1.04 bits per heavy atom. The van der Waals surface area contributed by atoms with Gasteiger partial charge in [0.1, 0.15) is 11.2 Å². The molecule has 134 valence electrons. The predicted molar refractivity (Wildman–Crippen MR) is 91.2 cm³/mol. The fourth-order valence-electron chi connectivity index (χ4n) is 3.00. The van der Waals surface area contributed by atoms with Gasteiger partial charge in [0.2, 0.25) is 0 Å². The van der Waals surface area contributed by atoms with Crippen LogP contribution in [-0.4, -0.2) is 24.7 Å². The van der Waals surface area contributed by atoms with E-state index in [2.05, 4.69) is 20.2 Å². The van der Waals surface area contributed by atoms with E-state index in [1.54, 1.807) is 41.1 Å². The van der Waals surface area contributed by atoms with Crippen LogP contribution in [0.25, 0.3) is 39.3 Å². The fraction of sp³-hybridized carbons (Fsp3) is 0.0556. The molecule has 0 aliphatic carbocycles. The molecule has 6 nitrogen and oxygen atoms in total. The number of hydrogen-bond donors (Lipinski definition) is 1. The van der Waals surface area contributed by atoms with Crippen molar-refractivity contribution in [1.82, 2.24) is 24.7 Å². The molecule has 5 aromatic rings. The van der Waals surface area contributed by atoms with Crippen LogP contribution in [0.1, 0.15) is 5.69 Å². The van der Waals surface area contributed by atoms with Gasteiger partial charge in [-0.15, -0.1) is 0 Å². The maximum absolute atomic E-state index is 13.2. The van der Waals surface area contributed by atoms with Crippen molar-refractivity contribution >= 4 is 22.1 Å². The maximum atomic E-state index is 13.2. The maximum Gasteiger partial charge on any atom is 0.433 e. The third kappa shape index (κ3) is 2.47. The minimum Gasteiger partial charge on any atom is -0.461 e. The number of aromatic amines is 1. The average Bonchev–Trinajstić information content (AvgIpc) is 3.37. The largest absolute Gasteiger partial charge is 0.461 e. The summed E-state index contributed by atoms with van der Waals surface area (Å²) in [6.45, 7) is 0. The van der Waals surface area contributed by atoms with Gasteiger partial charge in [-0.25, -0.2) is 9.97 Å². The number of benzene rings is 1. The van der Waals surface area contributed by atoms with E-state index in [0.29, 0.717) is 22.8 Å². The van der Waals surface area contributed by atoms with Gasteiger partial charge < -0.3 is 4.42 Å². The van der Waals surface area contributed by atoms with E-state index in [9.17, 15) is 13.2 Å². The topological polar surface area (TPSA) is 72.5 Å². The Hall–Kier alpha value is -3.62. The molecule has 0 aliphatic rings. The van der Waals surface area contributed by atoms with Crippen LogP contribution >= 0.6 is 0 Å². The number of nitrogens with zero attached hydrogens (tertiary/aromatic N) is 4. The third-order valence-electron chi connectivity index (χ3n) is 4.22. The van der Waals surface area contributed by atoms with Crippen molar-refractivity contribution in [3.8, 4) is 17.3 Å². The minimum absolute atomic E-state index is 0.0964. The molecular formula is C18H10F3N5O. The second kappa shape index (κ2) is 5.44. The Morgan fingerprint density at radius 2 is 1.93 bits per heavy atom. The van der Waals surface area contributed by atoms with Gasteiger partial charge >= 0.3 is 6.18 Å². The number of furan rings is 1. The number of imidazole rings is 1. The molecule has 0 fully saturated rings. The summed E-state index contributed by atoms with van der Waals surface area (Å²) in [5, 5.41) is 7.63. The van der Waals surface area contributed by atoms with Crippen LogP contribution in [0.2, 0.25) is 0 Å². The molecule has 0 atom stereocenters. The molecule has 0 spiro atoms. The van der Waals surface area contributed by atoms with Crippen LogP contribution < -0.4 is 0 Å². The number of aromatic nitrogens is 5. The highest BCUT2D eigenvalue weighted by Gasteiger charge is 2.33. The van der Waals surface area contributed by atoms with E-state index in [0.717, 1.165) is 17.0 Å². The fourth-order valence-corrected chi connectivity index (χ4v) is 3.00. The summed E-state index contributed by atoms with van der Waals surface area (Å²) < 4.78 is 46.5. The van der Waals surface area contributed by atoms with Crippen molar-refractivity contribution in [2.75, 3.05) is 0 Å². The summed E-state index contributed by atoms with van der Waals surface area (Å²) in [4.78, 5) is 8.27. The highest BCUT2D eigenvalue weighted by Crippen LogP contribution is 2.33. The molecule has 0 aliphatic heterocycles. The number of nitrogens with one attached hydrogen (secondary N) is 1. The van der Waals surface area contributed by atoms with Gasteiger partial charge in [-0.1, -0.05) is 0 Å². The van der Waals surface area contributed by atoms with E-state index in [4.69, 9.17) is 4.42 Å². The standard InChI is InChI=1S/C18H10F3N5O/c19-18(20,21)15-6-5-13-16(24-15)26(17(23-13)14-2-1-7-27-14)11-3-4-12-10(8-11)9-22-25-12/h1-9H,(H,22,25). The van der Waals surface area contributed by atoms with Gasteiger partial charge in [0.25, 0.3) is 0 Å². The zero-order chi connectivity index (χ0) is 18.6. The van der Waals surface area contributed by atoms with Crippen LogP contribution in [-0.2, 0) is 6.18 Å². The first-order chi connectivity index (χ1) is 13.0. The molecule has 0 saturated carbocycles. The van der Waals surface area contributed by atoms with Crippen LogP contribution in [0.3, 0.4) is 0 Å². The molecule has 9 heteroatoms. The minimum atomic E-state index is -4.55. The Labute approximate surface area is 149 Å². The summed E-state index contributed by atoms with van der Waals surface area (Å²) in [6.07, 6.45) is -1.44. The normalized spacial score (nSPS) is 12.3. The second-order valence-corrected chi connectivity index (χ2v) is 5.93. The first-order valence-electron chi connectivity index (χ1n) is 7.95. The summed E-state index contributed by atoms with van der Waals surface area (Å²) in [5.74, 6) is 0.790. The van der Waals surface area contributed by atoms with Crippen molar-refractivity contribution < 1.29 is 17.6 Å². The summed E-state index contributed by atoms with van der Waals surface area (Å²) >= 11 is 0. The van der Waals surface area contributed by atoms with Crippen molar-refractivity contribution in [3.05, 3.63) is 60.6 Å². The lowest BCUT2D eigenvalue weighted by Gasteiger charge is -2.09. The first kappa shape index (κ1) is 15.6. The monoisotopic (exact) mass is 369 g/mol. The summed E-state index contributed by atoms with van der Waals surface area (Å²) in [6, 6.07) is 11.0. The van der Waals surface area contributed by atoms with Gasteiger partial charge in [0, 0.05) is 5.39 Å². The molecule has 0 bridgehead atoms. The van der Waals surface area contributed by atoms with Crippen LogP contribution in [0.5, 0.6) is 0 Å². The van der Waals surface area contributed by atoms with Crippen molar-refractivity contribution in [1.29, 1.82) is 0 Å². The number of alkyl halides is 3. The number of H-pyrrole nitrogens is 1. The van der Waals surface area contributed by atoms with E-state index in [1.807, 2.05) is 0 Å². The van der Waals surface area contributed by atoms with Crippen molar-refractivity contribution in [2.24, 2.45) is 0 Å². The number of hydrogen-bond acceptors (Lipinski definition) is 4. The zero-order valence-corrected chi connectivity index (χ0v) is 13.5. The summed E-state index contributed by atoms with van der Waals surface area (Å²) in [5.41, 5.74) is 0.864. The van der Waals surface area contributed by atoms with Crippen molar-refractivity contribution in [2.45, 2.75) is 6.18 Å². The number of fused-ring (bicyclic) bond motifs is 2. The van der Waals surface area contributed by atoms with Gasteiger partial charge in [0.15, 0.2) is 17.2 Å². The average molecular weight is 369 g/mol. The Kier molecular flexibility index (Phi) is 3.15. The molecule has 0 radical (unpaired) electrons. The molecule has 4 heterocycles. The Balaban J connectivity index is 1.84. The zero-order valence-electron chi connectivity index (χ0n) is 13.5. The molecule has 27 heavy (non-hydrogen) atoms. The number of rotatable bonds is 2. The molecule has 1 N–H and O–H groups in total. The smallest absolute Gasteiger partial charge is 0.433 e.